The van der Waals surface area contributed by atoms with E-state index in [0.29, 0.717) is 16.1 Å². The Morgan fingerprint density at radius 1 is 0.700 bits per heavy atom. The van der Waals surface area contributed by atoms with E-state index in [4.69, 9.17) is 4.43 Å². The zero-order valence-electron chi connectivity index (χ0n) is 27.2. The van der Waals surface area contributed by atoms with Crippen LogP contribution in [0.25, 0.3) is 0 Å². The van der Waals surface area contributed by atoms with Crippen molar-refractivity contribution in [1.29, 1.82) is 0 Å². The van der Waals surface area contributed by atoms with Gasteiger partial charge in [-0.2, -0.15) is 0 Å². The lowest BCUT2D eigenvalue weighted by molar-refractivity contribution is -0.111. The lowest BCUT2D eigenvalue weighted by atomic mass is 9.71. The topological polar surface area (TPSA) is 43.4 Å². The summed E-state index contributed by atoms with van der Waals surface area (Å²) >= 11 is 3.19. The van der Waals surface area contributed by atoms with Crippen LogP contribution in [0, 0.1) is 17.8 Å². The van der Waals surface area contributed by atoms with E-state index in [1.54, 1.807) is 23.5 Å². The van der Waals surface area contributed by atoms with Gasteiger partial charge in [0.15, 0.2) is 20.0 Å². The van der Waals surface area contributed by atoms with E-state index in [0.717, 1.165) is 49.0 Å². The van der Waals surface area contributed by atoms with Gasteiger partial charge in [0.2, 0.25) is 0 Å². The molecule has 0 radical (unpaired) electrons. The molecule has 0 aliphatic heterocycles. The molecular weight excluding hydrogens is 549 g/mol. The van der Waals surface area contributed by atoms with Gasteiger partial charge in [-0.05, 0) is 83.1 Å². The van der Waals surface area contributed by atoms with Gasteiger partial charge in [-0.25, -0.2) is 0 Å². The van der Waals surface area contributed by atoms with E-state index >= 15 is 0 Å². The average Bonchev–Trinajstić information content (AvgIpc) is 2.91. The van der Waals surface area contributed by atoms with Crippen molar-refractivity contribution < 1.29 is 14.0 Å². The van der Waals surface area contributed by atoms with Crippen molar-refractivity contribution in [3.63, 3.8) is 0 Å². The molecule has 1 saturated carbocycles. The van der Waals surface area contributed by atoms with Crippen molar-refractivity contribution in [2.24, 2.45) is 17.8 Å². The average molecular weight is 615 g/mol. The molecule has 3 unspecified atom stereocenters. The molecule has 1 aliphatic rings. The van der Waals surface area contributed by atoms with Crippen molar-refractivity contribution >= 4 is 43.5 Å². The molecule has 3 nitrogen and oxygen atoms in total. The van der Waals surface area contributed by atoms with E-state index in [9.17, 15) is 9.59 Å². The van der Waals surface area contributed by atoms with Gasteiger partial charge in [-0.1, -0.05) is 114 Å². The molecule has 0 spiro atoms. The number of carbonyl (C=O) groups excluding carboxylic acids is 2. The number of carbonyl (C=O) groups is 2. The molecule has 3 atom stereocenters. The van der Waals surface area contributed by atoms with E-state index < -0.39 is 9.76 Å². The Bertz CT molecular complexity index is 637. The molecular formula is C34H66O3S2Si. The summed E-state index contributed by atoms with van der Waals surface area (Å²) in [4.78, 5) is 24.9. The van der Waals surface area contributed by atoms with Crippen LogP contribution in [0.2, 0.25) is 6.04 Å². The molecule has 0 aromatic rings. The van der Waals surface area contributed by atoms with Gasteiger partial charge in [-0.3, -0.25) is 9.59 Å². The fourth-order valence-electron chi connectivity index (χ4n) is 6.06. The van der Waals surface area contributed by atoms with Gasteiger partial charge in [0.1, 0.15) is 0 Å². The minimum absolute atomic E-state index is 0.00976. The summed E-state index contributed by atoms with van der Waals surface area (Å²) in [7, 11) is -0.436. The van der Waals surface area contributed by atoms with Crippen LogP contribution in [0.4, 0.5) is 0 Å². The van der Waals surface area contributed by atoms with Crippen LogP contribution < -0.4 is 0 Å². The van der Waals surface area contributed by atoms with E-state index in [1.165, 1.54) is 109 Å². The lowest BCUT2D eigenvalue weighted by Crippen LogP contribution is -2.27. The van der Waals surface area contributed by atoms with Crippen LogP contribution in [-0.2, 0) is 14.0 Å². The highest BCUT2D eigenvalue weighted by Crippen LogP contribution is 2.41. The number of unbranched alkanes of at least 4 members (excludes halogenated alkanes) is 10. The highest BCUT2D eigenvalue weighted by molar-refractivity contribution is 8.13. The second kappa shape index (κ2) is 24.6. The summed E-state index contributed by atoms with van der Waals surface area (Å²) in [5.74, 6) is 4.23. The Balaban J connectivity index is 2.41. The Hall–Kier alpha value is 0.217. The minimum atomic E-state index is -0.436. The highest BCUT2D eigenvalue weighted by atomic mass is 32.2. The van der Waals surface area contributed by atoms with Crippen molar-refractivity contribution in [2.45, 2.75) is 175 Å². The fraction of sp³-hybridized carbons (Fsp3) is 0.941. The SMILES string of the molecule is CCCCCCCCC(=O)SCCC1CCC(CC[SiH2]OC(C)(C)C)CC1CCSC(=O)CCCCCCCC. The molecule has 0 amide bonds. The van der Waals surface area contributed by atoms with Crippen LogP contribution in [-0.4, -0.2) is 37.1 Å². The maximum atomic E-state index is 12.5. The van der Waals surface area contributed by atoms with Crippen LogP contribution in [0.5, 0.6) is 0 Å². The van der Waals surface area contributed by atoms with Gasteiger partial charge in [-0.15, -0.1) is 0 Å². The van der Waals surface area contributed by atoms with Gasteiger partial charge in [0.25, 0.3) is 0 Å². The standard InChI is InChI=1S/C34H66O3S2Si/c1-6-8-10-12-14-16-18-32(35)38-25-22-30-21-20-29(24-27-40-37-34(3,4)5)28-31(30)23-26-39-33(36)19-17-15-13-11-9-7-2/h29-31H,6-28,40H2,1-5H3. The smallest absolute Gasteiger partial charge is 0.188 e. The highest BCUT2D eigenvalue weighted by Gasteiger charge is 2.30. The second-order valence-electron chi connectivity index (χ2n) is 13.4. The van der Waals surface area contributed by atoms with Crippen molar-refractivity contribution in [2.75, 3.05) is 11.5 Å². The molecule has 0 aromatic carbocycles. The first-order valence-electron chi connectivity index (χ1n) is 17.2. The second-order valence-corrected chi connectivity index (χ2v) is 17.1. The zero-order chi connectivity index (χ0) is 29.5. The van der Waals surface area contributed by atoms with Crippen LogP contribution in [0.3, 0.4) is 0 Å². The molecule has 1 aliphatic carbocycles. The molecule has 6 heteroatoms. The number of hydrogen-bond acceptors (Lipinski definition) is 5. The maximum absolute atomic E-state index is 12.5. The first-order valence-corrected chi connectivity index (χ1v) is 20.7. The third-order valence-electron chi connectivity index (χ3n) is 8.51. The van der Waals surface area contributed by atoms with Crippen LogP contribution >= 0.6 is 23.5 Å². The summed E-state index contributed by atoms with van der Waals surface area (Å²) in [5, 5.41) is 0.806. The maximum Gasteiger partial charge on any atom is 0.188 e. The van der Waals surface area contributed by atoms with E-state index in [-0.39, 0.29) is 5.60 Å². The molecule has 0 aromatic heterocycles. The lowest BCUT2D eigenvalue weighted by Gasteiger charge is -2.36. The molecule has 1 rings (SSSR count). The zero-order valence-corrected chi connectivity index (χ0v) is 30.3. The van der Waals surface area contributed by atoms with Crippen molar-refractivity contribution in [1.82, 2.24) is 0 Å². The third kappa shape index (κ3) is 21.9. The molecule has 0 N–H and O–H groups in total. The molecule has 0 saturated heterocycles. The minimum Gasteiger partial charge on any atom is -0.419 e. The van der Waals surface area contributed by atoms with Gasteiger partial charge in [0.05, 0.1) is 0 Å². The monoisotopic (exact) mass is 614 g/mol. The first kappa shape index (κ1) is 38.2. The Morgan fingerprint density at radius 3 is 1.73 bits per heavy atom. The normalized spacial score (nSPS) is 20.0. The van der Waals surface area contributed by atoms with E-state index in [1.807, 2.05) is 0 Å². The number of rotatable bonds is 24. The molecule has 1 fully saturated rings. The summed E-state index contributed by atoms with van der Waals surface area (Å²) in [6.07, 6.45) is 24.1. The van der Waals surface area contributed by atoms with Crippen LogP contribution in [0.15, 0.2) is 0 Å². The quantitative estimate of drug-likeness (QED) is 0.0799. The Kier molecular flexibility index (Phi) is 23.6. The van der Waals surface area contributed by atoms with Crippen molar-refractivity contribution in [3.05, 3.63) is 0 Å². The predicted octanol–water partition coefficient (Wildman–Crippen LogP) is 10.5. The summed E-state index contributed by atoms with van der Waals surface area (Å²) < 4.78 is 6.11. The summed E-state index contributed by atoms with van der Waals surface area (Å²) in [5.41, 5.74) is 0.00976. The molecule has 0 bridgehead atoms. The largest absolute Gasteiger partial charge is 0.419 e. The first-order chi connectivity index (χ1) is 19.2. The summed E-state index contributed by atoms with van der Waals surface area (Å²) in [6.45, 7) is 11.0. The summed E-state index contributed by atoms with van der Waals surface area (Å²) in [6, 6.07) is 1.29. The Morgan fingerprint density at radius 2 is 1.20 bits per heavy atom. The number of thioether (sulfide) groups is 2. The van der Waals surface area contributed by atoms with Gasteiger partial charge < -0.3 is 4.43 Å². The number of hydrogen-bond donors (Lipinski definition) is 0. The van der Waals surface area contributed by atoms with E-state index in [2.05, 4.69) is 34.6 Å². The third-order valence-corrected chi connectivity index (χ3v) is 12.2. The Labute approximate surface area is 260 Å². The molecule has 0 heterocycles. The fourth-order valence-corrected chi connectivity index (χ4v) is 9.44. The molecule has 40 heavy (non-hydrogen) atoms. The van der Waals surface area contributed by atoms with Crippen LogP contribution in [0.1, 0.15) is 163 Å². The van der Waals surface area contributed by atoms with Gasteiger partial charge in [0, 0.05) is 29.9 Å². The van der Waals surface area contributed by atoms with Gasteiger partial charge >= 0.3 is 0 Å². The predicted molar refractivity (Wildman–Crippen MR) is 183 cm³/mol. The van der Waals surface area contributed by atoms with Crippen molar-refractivity contribution in [3.8, 4) is 0 Å². The molecule has 236 valence electrons.